The Balaban J connectivity index is 2.86. The van der Waals surface area contributed by atoms with Gasteiger partial charge in [-0.25, -0.2) is 4.98 Å². The van der Waals surface area contributed by atoms with Crippen LogP contribution in [0.3, 0.4) is 0 Å². The second-order valence-electron chi connectivity index (χ2n) is 1.91. The van der Waals surface area contributed by atoms with E-state index in [1.54, 1.807) is 18.5 Å². The Kier molecular flexibility index (Phi) is 0.887. The van der Waals surface area contributed by atoms with Gasteiger partial charge in [0.05, 0.1) is 11.6 Å². The molecule has 2 aromatic heterocycles. The van der Waals surface area contributed by atoms with E-state index in [-0.39, 0.29) is 5.95 Å². The Labute approximate surface area is 56.7 Å². The lowest BCUT2D eigenvalue weighted by Crippen LogP contribution is -1.91. The number of rotatable bonds is 0. The first-order chi connectivity index (χ1) is 4.86. The number of anilines is 1. The molecular formula is C6H5N3O. The maximum absolute atomic E-state index is 5.30. The quantitative estimate of drug-likeness (QED) is 0.580. The summed E-state index contributed by atoms with van der Waals surface area (Å²) in [6.45, 7) is 0. The van der Waals surface area contributed by atoms with Crippen LogP contribution in [0.5, 0.6) is 0 Å². The standard InChI is InChI=1S/C6H5N3O/c7-6-8-3-4-1-2-10-5(4)9-6/h1-3H,(H2,7,8,9). The Morgan fingerprint density at radius 3 is 3.30 bits per heavy atom. The fourth-order valence-corrected chi connectivity index (χ4v) is 0.769. The van der Waals surface area contributed by atoms with E-state index in [2.05, 4.69) is 9.97 Å². The van der Waals surface area contributed by atoms with Crippen molar-refractivity contribution in [3.8, 4) is 0 Å². The summed E-state index contributed by atoms with van der Waals surface area (Å²) < 4.78 is 4.97. The molecule has 0 atom stereocenters. The van der Waals surface area contributed by atoms with E-state index in [1.807, 2.05) is 0 Å². The second kappa shape index (κ2) is 1.70. The molecule has 0 aliphatic rings. The average molecular weight is 135 g/mol. The van der Waals surface area contributed by atoms with Crippen LogP contribution >= 0.6 is 0 Å². The fourth-order valence-electron chi connectivity index (χ4n) is 0.769. The summed E-state index contributed by atoms with van der Waals surface area (Å²) >= 11 is 0. The molecule has 0 radical (unpaired) electrons. The summed E-state index contributed by atoms with van der Waals surface area (Å²) in [5, 5.41) is 0.870. The first kappa shape index (κ1) is 5.22. The molecule has 0 spiro atoms. The lowest BCUT2D eigenvalue weighted by molar-refractivity contribution is 0.603. The van der Waals surface area contributed by atoms with Gasteiger partial charge in [0.1, 0.15) is 0 Å². The Bertz CT molecular complexity index is 355. The molecule has 4 nitrogen and oxygen atoms in total. The first-order valence-electron chi connectivity index (χ1n) is 2.82. The van der Waals surface area contributed by atoms with Crippen LogP contribution in [0.1, 0.15) is 0 Å². The minimum atomic E-state index is 0.238. The lowest BCUT2D eigenvalue weighted by atomic mass is 10.4. The molecule has 0 aliphatic heterocycles. The van der Waals surface area contributed by atoms with E-state index < -0.39 is 0 Å². The third-order valence-corrected chi connectivity index (χ3v) is 1.23. The number of nitrogen functional groups attached to an aromatic ring is 1. The van der Waals surface area contributed by atoms with Crippen molar-refractivity contribution in [3.05, 3.63) is 18.5 Å². The van der Waals surface area contributed by atoms with Gasteiger partial charge in [-0.1, -0.05) is 0 Å². The molecule has 0 saturated heterocycles. The largest absolute Gasteiger partial charge is 0.446 e. The molecule has 2 heterocycles. The van der Waals surface area contributed by atoms with Gasteiger partial charge in [-0.15, -0.1) is 0 Å². The highest BCUT2D eigenvalue weighted by Crippen LogP contribution is 2.10. The molecule has 0 saturated carbocycles. The number of hydrogen-bond acceptors (Lipinski definition) is 4. The van der Waals surface area contributed by atoms with Gasteiger partial charge in [0.2, 0.25) is 11.7 Å². The topological polar surface area (TPSA) is 64.9 Å². The molecule has 0 aromatic carbocycles. The highest BCUT2D eigenvalue weighted by molar-refractivity contribution is 5.72. The van der Waals surface area contributed by atoms with E-state index in [9.17, 15) is 0 Å². The van der Waals surface area contributed by atoms with Gasteiger partial charge in [0.25, 0.3) is 0 Å². The predicted octanol–water partition coefficient (Wildman–Crippen LogP) is 0.805. The van der Waals surface area contributed by atoms with E-state index >= 15 is 0 Å². The third kappa shape index (κ3) is 0.621. The maximum Gasteiger partial charge on any atom is 0.230 e. The lowest BCUT2D eigenvalue weighted by Gasteiger charge is -1.87. The zero-order chi connectivity index (χ0) is 6.97. The molecule has 2 rings (SSSR count). The van der Waals surface area contributed by atoms with E-state index in [4.69, 9.17) is 10.2 Å². The fraction of sp³-hybridized carbons (Fsp3) is 0. The highest BCUT2D eigenvalue weighted by Gasteiger charge is 1.96. The molecule has 0 bridgehead atoms. The second-order valence-corrected chi connectivity index (χ2v) is 1.91. The predicted molar refractivity (Wildman–Crippen MR) is 36.2 cm³/mol. The summed E-state index contributed by atoms with van der Waals surface area (Å²) in [7, 11) is 0. The minimum Gasteiger partial charge on any atom is -0.446 e. The van der Waals surface area contributed by atoms with Gasteiger partial charge < -0.3 is 10.2 Å². The third-order valence-electron chi connectivity index (χ3n) is 1.23. The molecule has 0 aliphatic carbocycles. The van der Waals surface area contributed by atoms with Crippen LogP contribution in [-0.2, 0) is 0 Å². The monoisotopic (exact) mass is 135 g/mol. The van der Waals surface area contributed by atoms with Crippen molar-refractivity contribution in [2.75, 3.05) is 5.73 Å². The van der Waals surface area contributed by atoms with Crippen molar-refractivity contribution in [1.82, 2.24) is 9.97 Å². The van der Waals surface area contributed by atoms with E-state index in [0.29, 0.717) is 5.71 Å². The highest BCUT2D eigenvalue weighted by atomic mass is 16.3. The van der Waals surface area contributed by atoms with Crippen LogP contribution in [-0.4, -0.2) is 9.97 Å². The molecule has 50 valence electrons. The van der Waals surface area contributed by atoms with Gasteiger partial charge in [0.15, 0.2) is 0 Å². The van der Waals surface area contributed by atoms with Crippen molar-refractivity contribution >= 4 is 17.0 Å². The summed E-state index contributed by atoms with van der Waals surface area (Å²) in [6.07, 6.45) is 3.18. The summed E-state index contributed by atoms with van der Waals surface area (Å²) in [5.41, 5.74) is 5.84. The Morgan fingerprint density at radius 1 is 1.50 bits per heavy atom. The van der Waals surface area contributed by atoms with E-state index in [1.165, 1.54) is 0 Å². The maximum atomic E-state index is 5.30. The molecule has 4 heteroatoms. The van der Waals surface area contributed by atoms with Gasteiger partial charge in [-0.05, 0) is 6.07 Å². The van der Waals surface area contributed by atoms with Crippen molar-refractivity contribution in [2.24, 2.45) is 0 Å². The number of aromatic nitrogens is 2. The van der Waals surface area contributed by atoms with Crippen LogP contribution in [0, 0.1) is 0 Å². The zero-order valence-corrected chi connectivity index (χ0v) is 5.11. The van der Waals surface area contributed by atoms with Crippen molar-refractivity contribution in [1.29, 1.82) is 0 Å². The molecule has 0 unspecified atom stereocenters. The molecule has 2 aromatic rings. The van der Waals surface area contributed by atoms with Crippen molar-refractivity contribution in [3.63, 3.8) is 0 Å². The number of furan rings is 1. The summed E-state index contributed by atoms with van der Waals surface area (Å²) in [5.74, 6) is 0.238. The van der Waals surface area contributed by atoms with Crippen molar-refractivity contribution < 1.29 is 4.42 Å². The van der Waals surface area contributed by atoms with Crippen LogP contribution in [0.2, 0.25) is 0 Å². The average Bonchev–Trinajstić information content (AvgIpc) is 2.33. The van der Waals surface area contributed by atoms with Crippen LogP contribution in [0.15, 0.2) is 22.9 Å². The number of nitrogens with zero attached hydrogens (tertiary/aromatic N) is 2. The van der Waals surface area contributed by atoms with Crippen LogP contribution in [0.4, 0.5) is 5.95 Å². The summed E-state index contributed by atoms with van der Waals surface area (Å²) in [4.78, 5) is 7.62. The van der Waals surface area contributed by atoms with Gasteiger partial charge in [-0.3, -0.25) is 0 Å². The summed E-state index contributed by atoms with van der Waals surface area (Å²) in [6, 6.07) is 1.79. The SMILES string of the molecule is Nc1ncc2ccoc2n1. The van der Waals surface area contributed by atoms with Crippen molar-refractivity contribution in [2.45, 2.75) is 0 Å². The molecule has 10 heavy (non-hydrogen) atoms. The van der Waals surface area contributed by atoms with Gasteiger partial charge in [0, 0.05) is 6.20 Å². The van der Waals surface area contributed by atoms with Crippen LogP contribution in [0.25, 0.3) is 11.1 Å². The molecule has 0 fully saturated rings. The minimum absolute atomic E-state index is 0.238. The molecular weight excluding hydrogens is 130 g/mol. The molecule has 0 amide bonds. The van der Waals surface area contributed by atoms with Crippen LogP contribution < -0.4 is 5.73 Å². The smallest absolute Gasteiger partial charge is 0.230 e. The number of nitrogens with two attached hydrogens (primary N) is 1. The Hall–Kier alpha value is -1.58. The van der Waals surface area contributed by atoms with Gasteiger partial charge in [-0.2, -0.15) is 4.98 Å². The number of fused-ring (bicyclic) bond motifs is 1. The normalized spacial score (nSPS) is 10.4. The van der Waals surface area contributed by atoms with E-state index in [0.717, 1.165) is 5.39 Å². The van der Waals surface area contributed by atoms with Gasteiger partial charge >= 0.3 is 0 Å². The number of hydrogen-bond donors (Lipinski definition) is 1. The first-order valence-corrected chi connectivity index (χ1v) is 2.82. The Morgan fingerprint density at radius 2 is 2.40 bits per heavy atom. The molecule has 2 N–H and O–H groups in total. The zero-order valence-electron chi connectivity index (χ0n) is 5.11.